The summed E-state index contributed by atoms with van der Waals surface area (Å²) >= 11 is 0. The summed E-state index contributed by atoms with van der Waals surface area (Å²) in [5.74, 6) is -0.713. The van der Waals surface area contributed by atoms with Crippen LogP contribution in [0.2, 0.25) is 0 Å². The van der Waals surface area contributed by atoms with Gasteiger partial charge in [-0.15, -0.1) is 0 Å². The number of hydrogen-bond acceptors (Lipinski definition) is 4. The van der Waals surface area contributed by atoms with Crippen LogP contribution in [0, 0.1) is 5.92 Å². The molecule has 0 rings (SSSR count). The first-order chi connectivity index (χ1) is 7.02. The van der Waals surface area contributed by atoms with Gasteiger partial charge in [-0.25, -0.2) is 4.79 Å². The minimum Gasteiger partial charge on any atom is -0.469 e. The molecule has 0 aliphatic rings. The molecule has 5 nitrogen and oxygen atoms in total. The molecule has 0 heterocycles. The number of hydrogen-bond donors (Lipinski definition) is 0. The maximum atomic E-state index is 11.3. The Kier molecular flexibility index (Phi) is 6.17. The van der Waals surface area contributed by atoms with Crippen molar-refractivity contribution >= 4 is 12.1 Å². The van der Waals surface area contributed by atoms with Gasteiger partial charge in [0.1, 0.15) is 6.61 Å². The van der Waals surface area contributed by atoms with Crippen molar-refractivity contribution in [2.45, 2.75) is 6.92 Å². The minimum absolute atomic E-state index is 0.162. The second kappa shape index (κ2) is 6.86. The van der Waals surface area contributed by atoms with E-state index in [1.807, 2.05) is 0 Å². The summed E-state index contributed by atoms with van der Waals surface area (Å²) in [5.41, 5.74) is 0. The van der Waals surface area contributed by atoms with Crippen molar-refractivity contribution in [1.82, 2.24) is 4.90 Å². The molecule has 0 aromatic heterocycles. The molecule has 1 amide bonds. The number of carbonyl (C=O) groups is 2. The SMILES string of the molecule is C=CCOC(=O)N(C)CC(C)C(=O)OC. The van der Waals surface area contributed by atoms with E-state index in [-0.39, 0.29) is 25.0 Å². The Morgan fingerprint density at radius 3 is 2.60 bits per heavy atom. The van der Waals surface area contributed by atoms with Crippen LogP contribution >= 0.6 is 0 Å². The number of rotatable bonds is 5. The van der Waals surface area contributed by atoms with Crippen molar-refractivity contribution in [3.05, 3.63) is 12.7 Å². The summed E-state index contributed by atoms with van der Waals surface area (Å²) in [7, 11) is 2.87. The van der Waals surface area contributed by atoms with Gasteiger partial charge >= 0.3 is 12.1 Å². The largest absolute Gasteiger partial charge is 0.469 e. The number of carbonyl (C=O) groups excluding carboxylic acids is 2. The molecule has 0 aromatic carbocycles. The third kappa shape index (κ3) is 5.05. The second-order valence-electron chi connectivity index (χ2n) is 3.17. The number of methoxy groups -OCH3 is 1. The van der Waals surface area contributed by atoms with Crippen LogP contribution in [0.5, 0.6) is 0 Å². The van der Waals surface area contributed by atoms with Crippen LogP contribution in [0.15, 0.2) is 12.7 Å². The topological polar surface area (TPSA) is 55.8 Å². The van der Waals surface area contributed by atoms with Crippen molar-refractivity contribution in [3.63, 3.8) is 0 Å². The lowest BCUT2D eigenvalue weighted by Crippen LogP contribution is -2.34. The van der Waals surface area contributed by atoms with Gasteiger partial charge in [0, 0.05) is 13.6 Å². The van der Waals surface area contributed by atoms with Gasteiger partial charge in [-0.2, -0.15) is 0 Å². The van der Waals surface area contributed by atoms with Gasteiger partial charge in [0.05, 0.1) is 13.0 Å². The van der Waals surface area contributed by atoms with E-state index < -0.39 is 6.09 Å². The van der Waals surface area contributed by atoms with Crippen LogP contribution in [0.3, 0.4) is 0 Å². The highest BCUT2D eigenvalue weighted by Gasteiger charge is 2.18. The molecule has 0 radical (unpaired) electrons. The molecule has 0 aliphatic carbocycles. The molecule has 0 aliphatic heterocycles. The molecule has 0 spiro atoms. The van der Waals surface area contributed by atoms with Crippen molar-refractivity contribution < 1.29 is 19.1 Å². The lowest BCUT2D eigenvalue weighted by Gasteiger charge is -2.19. The van der Waals surface area contributed by atoms with Crippen molar-refractivity contribution in [2.75, 3.05) is 27.3 Å². The van der Waals surface area contributed by atoms with Gasteiger partial charge in [-0.1, -0.05) is 19.6 Å². The van der Waals surface area contributed by atoms with Crippen LogP contribution in [0.1, 0.15) is 6.92 Å². The van der Waals surface area contributed by atoms with Crippen molar-refractivity contribution in [1.29, 1.82) is 0 Å². The van der Waals surface area contributed by atoms with E-state index in [1.54, 1.807) is 14.0 Å². The molecule has 5 heteroatoms. The third-order valence-electron chi connectivity index (χ3n) is 1.79. The molecule has 1 unspecified atom stereocenters. The smallest absolute Gasteiger partial charge is 0.409 e. The monoisotopic (exact) mass is 215 g/mol. The quantitative estimate of drug-likeness (QED) is 0.508. The van der Waals surface area contributed by atoms with E-state index in [0.29, 0.717) is 0 Å². The Bertz CT molecular complexity index is 240. The van der Waals surface area contributed by atoms with Gasteiger partial charge in [-0.05, 0) is 0 Å². The highest BCUT2D eigenvalue weighted by atomic mass is 16.6. The first kappa shape index (κ1) is 13.5. The van der Waals surface area contributed by atoms with Gasteiger partial charge in [0.25, 0.3) is 0 Å². The van der Waals surface area contributed by atoms with E-state index in [9.17, 15) is 9.59 Å². The fraction of sp³-hybridized carbons (Fsp3) is 0.600. The lowest BCUT2D eigenvalue weighted by atomic mass is 10.2. The predicted molar refractivity (Wildman–Crippen MR) is 55.4 cm³/mol. The van der Waals surface area contributed by atoms with Gasteiger partial charge in [0.2, 0.25) is 0 Å². The average Bonchev–Trinajstić information content (AvgIpc) is 2.24. The zero-order valence-electron chi connectivity index (χ0n) is 9.36. The Hall–Kier alpha value is -1.52. The Balaban J connectivity index is 4.00. The fourth-order valence-electron chi connectivity index (χ4n) is 1.00. The van der Waals surface area contributed by atoms with E-state index >= 15 is 0 Å². The zero-order valence-corrected chi connectivity index (χ0v) is 9.36. The summed E-state index contributed by atoms with van der Waals surface area (Å²) < 4.78 is 9.32. The number of ether oxygens (including phenoxy) is 2. The van der Waals surface area contributed by atoms with E-state index in [1.165, 1.54) is 18.1 Å². The summed E-state index contributed by atoms with van der Waals surface area (Å²) in [6.07, 6.45) is 1.00. The molecule has 0 fully saturated rings. The standard InChI is InChI=1S/C10H17NO4/c1-5-6-15-10(13)11(3)7-8(2)9(12)14-4/h5,8H,1,6-7H2,2-4H3. The highest BCUT2D eigenvalue weighted by Crippen LogP contribution is 2.02. The summed E-state index contributed by atoms with van der Waals surface area (Å²) in [6.45, 7) is 5.54. The van der Waals surface area contributed by atoms with Crippen LogP contribution < -0.4 is 0 Å². The minimum atomic E-state index is -0.481. The van der Waals surface area contributed by atoms with Crippen LogP contribution in [0.25, 0.3) is 0 Å². The molecule has 0 saturated heterocycles. The predicted octanol–water partition coefficient (Wildman–Crippen LogP) is 1.05. The number of amides is 1. The molecule has 15 heavy (non-hydrogen) atoms. The molecule has 0 aromatic rings. The fourth-order valence-corrected chi connectivity index (χ4v) is 1.00. The Morgan fingerprint density at radius 1 is 1.53 bits per heavy atom. The second-order valence-corrected chi connectivity index (χ2v) is 3.17. The third-order valence-corrected chi connectivity index (χ3v) is 1.79. The van der Waals surface area contributed by atoms with Gasteiger partial charge < -0.3 is 14.4 Å². The summed E-state index contributed by atoms with van der Waals surface area (Å²) in [5, 5.41) is 0. The molecule has 0 saturated carbocycles. The summed E-state index contributed by atoms with van der Waals surface area (Å²) in [6, 6.07) is 0. The summed E-state index contributed by atoms with van der Waals surface area (Å²) in [4.78, 5) is 23.6. The van der Waals surface area contributed by atoms with Crippen LogP contribution in [0.4, 0.5) is 4.79 Å². The molecular formula is C10H17NO4. The zero-order chi connectivity index (χ0) is 11.8. The van der Waals surface area contributed by atoms with Crippen LogP contribution in [-0.4, -0.2) is 44.3 Å². The normalized spacial score (nSPS) is 11.4. The first-order valence-corrected chi connectivity index (χ1v) is 4.59. The van der Waals surface area contributed by atoms with Crippen LogP contribution in [-0.2, 0) is 14.3 Å². The maximum Gasteiger partial charge on any atom is 0.409 e. The number of esters is 1. The number of nitrogens with zero attached hydrogens (tertiary/aromatic N) is 1. The van der Waals surface area contributed by atoms with E-state index in [4.69, 9.17) is 4.74 Å². The Morgan fingerprint density at radius 2 is 2.13 bits per heavy atom. The average molecular weight is 215 g/mol. The van der Waals surface area contributed by atoms with Crippen molar-refractivity contribution in [3.8, 4) is 0 Å². The molecule has 0 N–H and O–H groups in total. The first-order valence-electron chi connectivity index (χ1n) is 4.59. The van der Waals surface area contributed by atoms with Crippen molar-refractivity contribution in [2.24, 2.45) is 5.92 Å². The molecular weight excluding hydrogens is 198 g/mol. The van der Waals surface area contributed by atoms with E-state index in [2.05, 4.69) is 11.3 Å². The van der Waals surface area contributed by atoms with E-state index in [0.717, 1.165) is 0 Å². The highest BCUT2D eigenvalue weighted by molar-refractivity contribution is 5.73. The maximum absolute atomic E-state index is 11.3. The molecule has 0 bridgehead atoms. The lowest BCUT2D eigenvalue weighted by molar-refractivity contribution is -0.145. The Labute approximate surface area is 89.6 Å². The molecule has 86 valence electrons. The van der Waals surface area contributed by atoms with Gasteiger partial charge in [0.15, 0.2) is 0 Å². The molecule has 1 atom stereocenters. The van der Waals surface area contributed by atoms with Gasteiger partial charge in [-0.3, -0.25) is 4.79 Å².